The number of hydrogen-bond acceptors (Lipinski definition) is 2. The molecule has 0 amide bonds. The van der Waals surface area contributed by atoms with Crippen molar-refractivity contribution in [3.05, 3.63) is 71.8 Å². The number of ether oxygens (including phenoxy) is 1. The van der Waals surface area contributed by atoms with Gasteiger partial charge in [-0.25, -0.2) is 0 Å². The fourth-order valence-electron chi connectivity index (χ4n) is 2.78. The van der Waals surface area contributed by atoms with Crippen molar-refractivity contribution in [1.29, 1.82) is 0 Å². The van der Waals surface area contributed by atoms with Gasteiger partial charge in [0.15, 0.2) is 0 Å². The maximum atomic E-state index is 6.18. The lowest BCUT2D eigenvalue weighted by Crippen LogP contribution is -2.52. The molecule has 2 heteroatoms. The summed E-state index contributed by atoms with van der Waals surface area (Å²) in [5.74, 6) is 0. The molecule has 20 heavy (non-hydrogen) atoms. The molecule has 3 rings (SSSR count). The SMILES string of the molecule is CC1(C)CO[C@@H](c2ccccc2)[C@H](c2ccccc2)N1. The van der Waals surface area contributed by atoms with Crippen molar-refractivity contribution in [1.82, 2.24) is 5.32 Å². The number of morpholine rings is 1. The summed E-state index contributed by atoms with van der Waals surface area (Å²) >= 11 is 0. The molecule has 1 fully saturated rings. The van der Waals surface area contributed by atoms with Crippen LogP contribution in [0.5, 0.6) is 0 Å². The highest BCUT2D eigenvalue weighted by atomic mass is 16.5. The van der Waals surface area contributed by atoms with E-state index in [1.165, 1.54) is 11.1 Å². The predicted molar refractivity (Wildman–Crippen MR) is 81.5 cm³/mol. The third kappa shape index (κ3) is 2.77. The Morgan fingerprint density at radius 1 is 0.900 bits per heavy atom. The number of nitrogens with one attached hydrogen (secondary N) is 1. The molecule has 1 aliphatic heterocycles. The Labute approximate surface area is 120 Å². The summed E-state index contributed by atoms with van der Waals surface area (Å²) < 4.78 is 6.18. The lowest BCUT2D eigenvalue weighted by Gasteiger charge is -2.42. The molecule has 0 radical (unpaired) electrons. The smallest absolute Gasteiger partial charge is 0.102 e. The van der Waals surface area contributed by atoms with Crippen LogP contribution >= 0.6 is 0 Å². The van der Waals surface area contributed by atoms with E-state index in [1.54, 1.807) is 0 Å². The van der Waals surface area contributed by atoms with Crippen LogP contribution in [-0.4, -0.2) is 12.1 Å². The largest absolute Gasteiger partial charge is 0.370 e. The maximum absolute atomic E-state index is 6.18. The Balaban J connectivity index is 1.96. The molecule has 0 bridgehead atoms. The zero-order valence-corrected chi connectivity index (χ0v) is 12.0. The molecule has 0 aromatic heterocycles. The summed E-state index contributed by atoms with van der Waals surface area (Å²) in [5, 5.41) is 3.73. The first-order valence-electron chi connectivity index (χ1n) is 7.15. The van der Waals surface area contributed by atoms with Crippen LogP contribution in [0.4, 0.5) is 0 Å². The van der Waals surface area contributed by atoms with E-state index >= 15 is 0 Å². The fourth-order valence-corrected chi connectivity index (χ4v) is 2.78. The number of rotatable bonds is 2. The first kappa shape index (κ1) is 13.3. The second-order valence-corrected chi connectivity index (χ2v) is 6.06. The van der Waals surface area contributed by atoms with Gasteiger partial charge >= 0.3 is 0 Å². The molecule has 1 heterocycles. The van der Waals surface area contributed by atoms with Gasteiger partial charge < -0.3 is 10.1 Å². The number of hydrogen-bond donors (Lipinski definition) is 1. The van der Waals surface area contributed by atoms with Gasteiger partial charge in [0.1, 0.15) is 6.10 Å². The van der Waals surface area contributed by atoms with Crippen LogP contribution < -0.4 is 5.32 Å². The van der Waals surface area contributed by atoms with Crippen LogP contribution in [0.15, 0.2) is 60.7 Å². The number of benzene rings is 2. The van der Waals surface area contributed by atoms with Crippen molar-refractivity contribution in [2.24, 2.45) is 0 Å². The minimum absolute atomic E-state index is 0.00815. The van der Waals surface area contributed by atoms with Crippen LogP contribution in [0.25, 0.3) is 0 Å². The minimum Gasteiger partial charge on any atom is -0.370 e. The maximum Gasteiger partial charge on any atom is 0.102 e. The predicted octanol–water partition coefficient (Wildman–Crippen LogP) is 3.87. The van der Waals surface area contributed by atoms with Crippen LogP contribution in [0.2, 0.25) is 0 Å². The molecular formula is C18H21NO. The standard InChI is InChI=1S/C18H21NO/c1-18(2)13-20-17(15-11-7-4-8-12-15)16(19-18)14-9-5-3-6-10-14/h3-12,16-17,19H,13H2,1-2H3/t16-,17-/m0/s1. The highest BCUT2D eigenvalue weighted by Gasteiger charge is 2.36. The molecule has 2 aromatic rings. The second kappa shape index (κ2) is 5.39. The van der Waals surface area contributed by atoms with Crippen molar-refractivity contribution in [3.8, 4) is 0 Å². The Kier molecular flexibility index (Phi) is 3.60. The Hall–Kier alpha value is -1.64. The van der Waals surface area contributed by atoms with Gasteiger partial charge in [0.2, 0.25) is 0 Å². The summed E-state index contributed by atoms with van der Waals surface area (Å²) in [4.78, 5) is 0. The van der Waals surface area contributed by atoms with E-state index < -0.39 is 0 Å². The quantitative estimate of drug-likeness (QED) is 0.892. The zero-order chi connectivity index (χ0) is 14.0. The lowest BCUT2D eigenvalue weighted by molar-refractivity contribution is -0.0556. The molecule has 1 aliphatic rings. The second-order valence-electron chi connectivity index (χ2n) is 6.06. The van der Waals surface area contributed by atoms with Crippen molar-refractivity contribution < 1.29 is 4.74 Å². The van der Waals surface area contributed by atoms with Crippen molar-refractivity contribution in [2.75, 3.05) is 6.61 Å². The summed E-state index contributed by atoms with van der Waals surface area (Å²) in [7, 11) is 0. The molecule has 1 N–H and O–H groups in total. The van der Waals surface area contributed by atoms with Gasteiger partial charge in [-0.05, 0) is 25.0 Å². The lowest BCUT2D eigenvalue weighted by atomic mass is 9.90. The highest BCUT2D eigenvalue weighted by Crippen LogP contribution is 2.37. The van der Waals surface area contributed by atoms with Gasteiger partial charge in [-0.2, -0.15) is 0 Å². The first-order valence-corrected chi connectivity index (χ1v) is 7.15. The normalized spacial score (nSPS) is 25.3. The van der Waals surface area contributed by atoms with Gasteiger partial charge in [-0.1, -0.05) is 60.7 Å². The Morgan fingerprint density at radius 2 is 1.45 bits per heavy atom. The summed E-state index contributed by atoms with van der Waals surface area (Å²) in [6.07, 6.45) is 0.0617. The monoisotopic (exact) mass is 267 g/mol. The fraction of sp³-hybridized carbons (Fsp3) is 0.333. The van der Waals surface area contributed by atoms with E-state index in [1.807, 2.05) is 6.07 Å². The molecule has 1 saturated heterocycles. The van der Waals surface area contributed by atoms with E-state index in [4.69, 9.17) is 4.74 Å². The van der Waals surface area contributed by atoms with Crippen LogP contribution in [-0.2, 0) is 4.74 Å². The first-order chi connectivity index (χ1) is 9.66. The summed E-state index contributed by atoms with van der Waals surface area (Å²) in [6, 6.07) is 21.2. The third-order valence-electron chi connectivity index (χ3n) is 3.76. The van der Waals surface area contributed by atoms with Gasteiger partial charge in [-0.15, -0.1) is 0 Å². The van der Waals surface area contributed by atoms with Gasteiger partial charge in [0, 0.05) is 5.54 Å². The zero-order valence-electron chi connectivity index (χ0n) is 12.0. The average molecular weight is 267 g/mol. The van der Waals surface area contributed by atoms with Crippen LogP contribution in [0.3, 0.4) is 0 Å². The molecular weight excluding hydrogens is 246 g/mol. The topological polar surface area (TPSA) is 21.3 Å². The van der Waals surface area contributed by atoms with Crippen molar-refractivity contribution in [2.45, 2.75) is 31.5 Å². The molecule has 2 aromatic carbocycles. The molecule has 2 atom stereocenters. The van der Waals surface area contributed by atoms with E-state index in [9.17, 15) is 0 Å². The summed E-state index contributed by atoms with van der Waals surface area (Å²) in [5.41, 5.74) is 2.49. The minimum atomic E-state index is -0.00815. The highest BCUT2D eigenvalue weighted by molar-refractivity contribution is 5.27. The van der Waals surface area contributed by atoms with E-state index in [2.05, 4.69) is 73.8 Å². The van der Waals surface area contributed by atoms with Crippen molar-refractivity contribution >= 4 is 0 Å². The van der Waals surface area contributed by atoms with E-state index in [-0.39, 0.29) is 17.7 Å². The summed E-state index contributed by atoms with van der Waals surface area (Å²) in [6.45, 7) is 5.09. The van der Waals surface area contributed by atoms with Crippen molar-refractivity contribution in [3.63, 3.8) is 0 Å². The molecule has 0 saturated carbocycles. The van der Waals surface area contributed by atoms with E-state index in [0.717, 1.165) is 6.61 Å². The van der Waals surface area contributed by atoms with Crippen LogP contribution in [0, 0.1) is 0 Å². The average Bonchev–Trinajstić information content (AvgIpc) is 2.48. The van der Waals surface area contributed by atoms with Crippen LogP contribution in [0.1, 0.15) is 37.1 Å². The van der Waals surface area contributed by atoms with Gasteiger partial charge in [-0.3, -0.25) is 0 Å². The molecule has 2 nitrogen and oxygen atoms in total. The molecule has 104 valence electrons. The molecule has 0 unspecified atom stereocenters. The van der Waals surface area contributed by atoms with E-state index in [0.29, 0.717) is 0 Å². The van der Waals surface area contributed by atoms with Gasteiger partial charge in [0.25, 0.3) is 0 Å². The Bertz CT molecular complexity index is 550. The third-order valence-corrected chi connectivity index (χ3v) is 3.76. The Morgan fingerprint density at radius 3 is 2.05 bits per heavy atom. The van der Waals surface area contributed by atoms with Gasteiger partial charge in [0.05, 0.1) is 12.6 Å². The molecule has 0 spiro atoms. The molecule has 0 aliphatic carbocycles.